The Kier molecular flexibility index (Phi) is 6.02. The highest BCUT2D eigenvalue weighted by Crippen LogP contribution is 2.38. The minimum Gasteiger partial charge on any atom is -0.378 e. The highest BCUT2D eigenvalue weighted by molar-refractivity contribution is 7.89. The first-order valence-corrected chi connectivity index (χ1v) is 11.7. The van der Waals surface area contributed by atoms with Crippen molar-refractivity contribution in [3.8, 4) is 0 Å². The minimum absolute atomic E-state index is 0.153. The molecule has 0 spiro atoms. The Balaban J connectivity index is 1.75. The number of ether oxygens (including phenoxy) is 1. The van der Waals surface area contributed by atoms with Crippen LogP contribution in [0.5, 0.6) is 0 Å². The molecule has 2 amide bonds. The Morgan fingerprint density at radius 2 is 1.67 bits per heavy atom. The predicted octanol–water partition coefficient (Wildman–Crippen LogP) is 3.19. The lowest BCUT2D eigenvalue weighted by Gasteiger charge is -2.36. The van der Waals surface area contributed by atoms with Crippen LogP contribution in [0.4, 0.5) is 4.79 Å². The first kappa shape index (κ1) is 21.1. The van der Waals surface area contributed by atoms with Gasteiger partial charge in [0.25, 0.3) is 0 Å². The molecule has 160 valence electrons. The SMILES string of the molecule is CC1CN(S(=O)(=O)c2ccc(Cl)cc2)C(c2ccccc2)N1C(=O)N1CCOCC1. The molecule has 2 saturated heterocycles. The van der Waals surface area contributed by atoms with Crippen molar-refractivity contribution in [2.75, 3.05) is 32.8 Å². The van der Waals surface area contributed by atoms with E-state index in [1.807, 2.05) is 37.3 Å². The van der Waals surface area contributed by atoms with Crippen molar-refractivity contribution >= 4 is 27.7 Å². The van der Waals surface area contributed by atoms with Crippen molar-refractivity contribution in [2.45, 2.75) is 24.0 Å². The number of halogens is 1. The number of hydrogen-bond donors (Lipinski definition) is 0. The van der Waals surface area contributed by atoms with E-state index in [4.69, 9.17) is 16.3 Å². The quantitative estimate of drug-likeness (QED) is 0.721. The first-order valence-electron chi connectivity index (χ1n) is 9.87. The Hall–Kier alpha value is -2.13. The average Bonchev–Trinajstić information content (AvgIpc) is 3.12. The zero-order valence-corrected chi connectivity index (χ0v) is 18.2. The minimum atomic E-state index is -3.85. The van der Waals surface area contributed by atoms with Gasteiger partial charge < -0.3 is 9.64 Å². The van der Waals surface area contributed by atoms with Crippen molar-refractivity contribution in [1.82, 2.24) is 14.1 Å². The normalized spacial score (nSPS) is 23.0. The number of amides is 2. The van der Waals surface area contributed by atoms with Gasteiger partial charge in [-0.25, -0.2) is 13.2 Å². The molecule has 0 aromatic heterocycles. The molecule has 2 aromatic rings. The Bertz CT molecular complexity index is 995. The van der Waals surface area contributed by atoms with Gasteiger partial charge in [-0.1, -0.05) is 41.9 Å². The maximum Gasteiger partial charge on any atom is 0.322 e. The van der Waals surface area contributed by atoms with Gasteiger partial charge >= 0.3 is 6.03 Å². The van der Waals surface area contributed by atoms with E-state index >= 15 is 0 Å². The molecule has 2 heterocycles. The zero-order chi connectivity index (χ0) is 21.3. The van der Waals surface area contributed by atoms with Gasteiger partial charge in [0.2, 0.25) is 10.0 Å². The third-order valence-electron chi connectivity index (χ3n) is 5.48. The van der Waals surface area contributed by atoms with E-state index in [0.29, 0.717) is 31.3 Å². The van der Waals surface area contributed by atoms with E-state index in [0.717, 1.165) is 5.56 Å². The summed E-state index contributed by atoms with van der Waals surface area (Å²) in [5, 5.41) is 0.465. The number of nitrogens with zero attached hydrogens (tertiary/aromatic N) is 3. The molecule has 2 unspecified atom stereocenters. The fourth-order valence-corrected chi connectivity index (χ4v) is 5.74. The third kappa shape index (κ3) is 3.92. The summed E-state index contributed by atoms with van der Waals surface area (Å²) in [7, 11) is -3.85. The van der Waals surface area contributed by atoms with Gasteiger partial charge in [0.05, 0.1) is 18.1 Å². The van der Waals surface area contributed by atoms with Crippen LogP contribution < -0.4 is 0 Å². The van der Waals surface area contributed by atoms with Crippen molar-refractivity contribution in [3.63, 3.8) is 0 Å². The summed E-state index contributed by atoms with van der Waals surface area (Å²) in [6.07, 6.45) is -0.725. The lowest BCUT2D eigenvalue weighted by Crippen LogP contribution is -2.50. The van der Waals surface area contributed by atoms with Gasteiger partial charge in [0.15, 0.2) is 0 Å². The van der Waals surface area contributed by atoms with Crippen LogP contribution in [0, 0.1) is 0 Å². The fraction of sp³-hybridized carbons (Fsp3) is 0.381. The Morgan fingerprint density at radius 3 is 2.30 bits per heavy atom. The number of carbonyl (C=O) groups excluding carboxylic acids is 1. The molecular weight excluding hydrogens is 426 g/mol. The molecule has 0 bridgehead atoms. The van der Waals surface area contributed by atoms with Crippen LogP contribution in [-0.4, -0.2) is 67.4 Å². The molecular formula is C21H24ClN3O4S. The molecule has 4 rings (SSSR count). The molecule has 9 heteroatoms. The third-order valence-corrected chi connectivity index (χ3v) is 7.56. The van der Waals surface area contributed by atoms with Crippen LogP contribution in [0.1, 0.15) is 18.7 Å². The highest BCUT2D eigenvalue weighted by atomic mass is 35.5. The van der Waals surface area contributed by atoms with Gasteiger partial charge in [-0.2, -0.15) is 4.31 Å². The molecule has 7 nitrogen and oxygen atoms in total. The first-order chi connectivity index (χ1) is 14.4. The average molecular weight is 450 g/mol. The summed E-state index contributed by atoms with van der Waals surface area (Å²) in [5.74, 6) is 0. The van der Waals surface area contributed by atoms with E-state index in [1.54, 1.807) is 21.9 Å². The highest BCUT2D eigenvalue weighted by Gasteiger charge is 2.48. The molecule has 0 aliphatic carbocycles. The van der Waals surface area contributed by atoms with Crippen molar-refractivity contribution in [2.24, 2.45) is 0 Å². The Morgan fingerprint density at radius 1 is 1.03 bits per heavy atom. The fourth-order valence-electron chi connectivity index (χ4n) is 3.96. The van der Waals surface area contributed by atoms with Gasteiger partial charge in [0.1, 0.15) is 6.17 Å². The number of urea groups is 1. The molecule has 30 heavy (non-hydrogen) atoms. The van der Waals surface area contributed by atoms with E-state index in [2.05, 4.69) is 0 Å². The van der Waals surface area contributed by atoms with Crippen molar-refractivity contribution in [1.29, 1.82) is 0 Å². The second-order valence-electron chi connectivity index (χ2n) is 7.45. The largest absolute Gasteiger partial charge is 0.378 e. The number of morpholine rings is 1. The summed E-state index contributed by atoms with van der Waals surface area (Å²) in [6.45, 7) is 4.04. The molecule has 0 radical (unpaired) electrons. The van der Waals surface area contributed by atoms with E-state index in [1.165, 1.54) is 16.4 Å². The van der Waals surface area contributed by atoms with Crippen LogP contribution in [-0.2, 0) is 14.8 Å². The van der Waals surface area contributed by atoms with Gasteiger partial charge in [-0.05, 0) is 36.8 Å². The summed E-state index contributed by atoms with van der Waals surface area (Å²) in [4.78, 5) is 17.0. The molecule has 2 aromatic carbocycles. The van der Waals surface area contributed by atoms with Crippen LogP contribution >= 0.6 is 11.6 Å². The maximum atomic E-state index is 13.5. The summed E-state index contributed by atoms with van der Waals surface area (Å²) >= 11 is 5.94. The molecule has 2 fully saturated rings. The lowest BCUT2D eigenvalue weighted by molar-refractivity contribution is 0.0369. The zero-order valence-electron chi connectivity index (χ0n) is 16.6. The number of hydrogen-bond acceptors (Lipinski definition) is 4. The summed E-state index contributed by atoms with van der Waals surface area (Å²) in [6, 6.07) is 14.9. The lowest BCUT2D eigenvalue weighted by atomic mass is 10.1. The van der Waals surface area contributed by atoms with Crippen LogP contribution in [0.15, 0.2) is 59.5 Å². The van der Waals surface area contributed by atoms with Crippen LogP contribution in [0.3, 0.4) is 0 Å². The monoisotopic (exact) mass is 449 g/mol. The van der Waals surface area contributed by atoms with Crippen LogP contribution in [0.2, 0.25) is 5.02 Å². The van der Waals surface area contributed by atoms with Crippen LogP contribution in [0.25, 0.3) is 0 Å². The summed E-state index contributed by atoms with van der Waals surface area (Å²) < 4.78 is 33.8. The topological polar surface area (TPSA) is 70.2 Å². The second kappa shape index (κ2) is 8.55. The molecule has 0 saturated carbocycles. The predicted molar refractivity (Wildman–Crippen MR) is 114 cm³/mol. The van der Waals surface area contributed by atoms with E-state index < -0.39 is 16.2 Å². The smallest absolute Gasteiger partial charge is 0.322 e. The molecule has 2 aliphatic rings. The number of benzene rings is 2. The Labute approximate surface area is 181 Å². The molecule has 2 aliphatic heterocycles. The maximum absolute atomic E-state index is 13.5. The number of carbonyl (C=O) groups is 1. The van der Waals surface area contributed by atoms with E-state index in [-0.39, 0.29) is 23.5 Å². The standard InChI is InChI=1S/C21H24ClN3O4S/c1-16-15-24(30(27,28)19-9-7-18(22)8-10-19)20(17-5-3-2-4-6-17)25(16)21(26)23-11-13-29-14-12-23/h2-10,16,20H,11-15H2,1H3. The summed E-state index contributed by atoms with van der Waals surface area (Å²) in [5.41, 5.74) is 0.751. The molecule has 2 atom stereocenters. The van der Waals surface area contributed by atoms with Gasteiger partial charge in [-0.15, -0.1) is 0 Å². The van der Waals surface area contributed by atoms with Gasteiger partial charge in [-0.3, -0.25) is 4.90 Å². The van der Waals surface area contributed by atoms with Crippen molar-refractivity contribution in [3.05, 3.63) is 65.2 Å². The molecule has 0 N–H and O–H groups in total. The second-order valence-corrected chi connectivity index (χ2v) is 9.78. The number of rotatable bonds is 3. The number of sulfonamides is 1. The van der Waals surface area contributed by atoms with Crippen molar-refractivity contribution < 1.29 is 17.9 Å². The van der Waals surface area contributed by atoms with Gasteiger partial charge in [0, 0.05) is 30.7 Å². The van der Waals surface area contributed by atoms with E-state index in [9.17, 15) is 13.2 Å².